The van der Waals surface area contributed by atoms with Crippen LogP contribution in [0.15, 0.2) is 71.8 Å². The summed E-state index contributed by atoms with van der Waals surface area (Å²) in [7, 11) is -5.34. The van der Waals surface area contributed by atoms with E-state index in [0.717, 1.165) is 0 Å². The molecule has 0 radical (unpaired) electrons. The molecule has 2 aromatic carbocycles. The molecule has 0 aromatic heterocycles. The molecule has 1 heterocycles. The van der Waals surface area contributed by atoms with Crippen LogP contribution in [-0.2, 0) is 56.5 Å². The van der Waals surface area contributed by atoms with Crippen LogP contribution < -0.4 is 5.32 Å². The molecule has 1 aliphatic heterocycles. The van der Waals surface area contributed by atoms with Crippen LogP contribution >= 0.6 is 0 Å². The summed E-state index contributed by atoms with van der Waals surface area (Å²) in [5, 5.41) is 17.5. The summed E-state index contributed by atoms with van der Waals surface area (Å²) in [6.45, 7) is 24.8. The van der Waals surface area contributed by atoms with Crippen LogP contribution in [0, 0.1) is 22.7 Å². The third kappa shape index (κ3) is 10.4. The Kier molecular flexibility index (Phi) is 17.7. The molecule has 73 heavy (non-hydrogen) atoms. The van der Waals surface area contributed by atoms with Gasteiger partial charge >= 0.3 is 23.9 Å². The Labute approximate surface area is 434 Å². The zero-order chi connectivity index (χ0) is 54.1. The molecule has 6 rings (SSSR count). The zero-order valence-corrected chi connectivity index (χ0v) is 47.6. The second-order valence-corrected chi connectivity index (χ2v) is 31.3. The van der Waals surface area contributed by atoms with Gasteiger partial charge in [0.1, 0.15) is 23.9 Å². The number of carbonyl (C=O) groups excluding carboxylic acids is 6. The maximum absolute atomic E-state index is 16.5. The number of aliphatic hydroxyl groups is 1. The maximum Gasteiger partial charge on any atom is 0.338 e. The average Bonchev–Trinajstić information content (AvgIpc) is 3.36. The number of ketones is 1. The minimum absolute atomic E-state index is 0.0996. The lowest BCUT2D eigenvalue weighted by Crippen LogP contribution is -2.82. The van der Waals surface area contributed by atoms with Gasteiger partial charge in [0.05, 0.1) is 35.6 Å². The van der Waals surface area contributed by atoms with Crippen LogP contribution in [-0.4, -0.2) is 112 Å². The lowest BCUT2D eigenvalue weighted by molar-refractivity contribution is -0.344. The van der Waals surface area contributed by atoms with Crippen molar-refractivity contribution in [2.24, 2.45) is 22.7 Å². The molecule has 1 amide bonds. The molecule has 2 aromatic rings. The van der Waals surface area contributed by atoms with E-state index in [4.69, 9.17) is 32.5 Å². The quantitative estimate of drug-likeness (QED) is 0.0551. The number of nitrogens with one attached hydrogen (secondary N) is 1. The molecule has 0 unspecified atom stereocenters. The molecule has 0 spiro atoms. The highest BCUT2D eigenvalue weighted by Crippen LogP contribution is 2.65. The Morgan fingerprint density at radius 1 is 0.795 bits per heavy atom. The van der Waals surface area contributed by atoms with Crippen molar-refractivity contribution in [3.63, 3.8) is 0 Å². The highest BCUT2D eigenvalue weighted by Gasteiger charge is 2.79. The van der Waals surface area contributed by atoms with E-state index in [2.05, 4.69) is 26.1 Å². The van der Waals surface area contributed by atoms with E-state index >= 15 is 9.59 Å². The molecule has 11 atom stereocenters. The van der Waals surface area contributed by atoms with Gasteiger partial charge in [-0.3, -0.25) is 19.2 Å². The maximum atomic E-state index is 16.5. The summed E-state index contributed by atoms with van der Waals surface area (Å²) in [5.41, 5.74) is -6.16. The van der Waals surface area contributed by atoms with Gasteiger partial charge in [-0.25, -0.2) is 9.59 Å². The van der Waals surface area contributed by atoms with Crippen LogP contribution in [0.4, 0.5) is 0 Å². The molecule has 17 heteroatoms. The summed E-state index contributed by atoms with van der Waals surface area (Å²) in [6.07, 6.45) is -8.31. The third-order valence-corrected chi connectivity index (χ3v) is 26.8. The number of esters is 4. The van der Waals surface area contributed by atoms with Gasteiger partial charge in [-0.1, -0.05) is 118 Å². The van der Waals surface area contributed by atoms with Crippen molar-refractivity contribution in [3.8, 4) is 0 Å². The molecule has 3 fully saturated rings. The first-order valence-corrected chi connectivity index (χ1v) is 31.5. The molecule has 1 saturated heterocycles. The van der Waals surface area contributed by atoms with Crippen molar-refractivity contribution in [1.29, 1.82) is 0 Å². The lowest BCUT2D eigenvalue weighted by atomic mass is 9.44. The molecule has 2 saturated carbocycles. The van der Waals surface area contributed by atoms with Crippen molar-refractivity contribution < 1.29 is 66.4 Å². The van der Waals surface area contributed by atoms with Crippen LogP contribution in [0.1, 0.15) is 132 Å². The molecular weight excluding hydrogens is 967 g/mol. The fourth-order valence-corrected chi connectivity index (χ4v) is 18.2. The molecule has 2 bridgehead atoms. The number of Topliss-reactive ketones (excluding diaryl/α,β-unsaturated/α-hetero) is 1. The highest BCUT2D eigenvalue weighted by atomic mass is 28.4. The SMILES string of the molecule is CC[Si](CC)(CC)O[C@H]1C[C@H]2OC[C@@]2(OC(C)=O)[C@H]2[C@H](OC(=O)c3ccccc3)[C@]3(O)C[C@H](OC(=O)[C@H](O[Si](CC)(CC)CC)[C@@H](NC(=O)C(C)C)c4ccccc4)C(C)=C([C@@H](OC(C)=O)C(=O)[C@]12C)C3(C)C. The molecule has 402 valence electrons. The van der Waals surface area contributed by atoms with Gasteiger partial charge in [-0.2, -0.15) is 0 Å². The van der Waals surface area contributed by atoms with Crippen molar-refractivity contribution in [1.82, 2.24) is 5.32 Å². The van der Waals surface area contributed by atoms with Gasteiger partial charge < -0.3 is 43.0 Å². The van der Waals surface area contributed by atoms with Crippen molar-refractivity contribution in [2.75, 3.05) is 6.61 Å². The van der Waals surface area contributed by atoms with Gasteiger partial charge in [0.15, 0.2) is 40.2 Å². The normalized spacial score (nSPS) is 29.5. The van der Waals surface area contributed by atoms with E-state index in [1.54, 1.807) is 71.9 Å². The summed E-state index contributed by atoms with van der Waals surface area (Å²) in [4.78, 5) is 87.8. The van der Waals surface area contributed by atoms with E-state index < -0.39 is 129 Å². The number of amides is 1. The van der Waals surface area contributed by atoms with E-state index in [0.29, 0.717) is 47.4 Å². The Morgan fingerprint density at radius 3 is 1.85 bits per heavy atom. The standard InChI is InChI=1S/C56H81NO14Si2/c1-15-72(16-2,17-3)70-41-31-42-55(33-65-42,69-37(11)59)47-49(68-51(62)39-29-25-22-26-30-39)56(64)32-40(35(9)43(53(56,12)13)45(66-36(10)58)48(60)54(41,47)14)67-52(63)46(71-73(18-4,19-5)20-6)44(57-50(61)34(7)8)38-27-23-21-24-28-38/h21-30,34,40-42,44-47,49,64H,15-20,31-33H2,1-14H3,(H,57,61)/t40-,41-,42+,44-,45+,46+,47-,49-,54+,55-,56+/m0/s1. The van der Waals surface area contributed by atoms with E-state index in [9.17, 15) is 24.3 Å². The zero-order valence-electron chi connectivity index (χ0n) is 45.6. The Bertz CT molecular complexity index is 2370. The number of fused-ring (bicyclic) bond motifs is 5. The fraction of sp³-hybridized carbons (Fsp3) is 0.643. The Morgan fingerprint density at radius 2 is 1.36 bits per heavy atom. The summed E-state index contributed by atoms with van der Waals surface area (Å²) >= 11 is 0. The van der Waals surface area contributed by atoms with Gasteiger partial charge in [-0.05, 0) is 79.0 Å². The Hall–Kier alpha value is -4.53. The minimum Gasteiger partial charge on any atom is -0.456 e. The number of hydrogen-bond acceptors (Lipinski definition) is 14. The van der Waals surface area contributed by atoms with Gasteiger partial charge in [-0.15, -0.1) is 0 Å². The van der Waals surface area contributed by atoms with Crippen molar-refractivity contribution in [2.45, 2.75) is 200 Å². The van der Waals surface area contributed by atoms with Gasteiger partial charge in [0.25, 0.3) is 0 Å². The van der Waals surface area contributed by atoms with E-state index in [1.807, 2.05) is 51.1 Å². The monoisotopic (exact) mass is 1050 g/mol. The fourth-order valence-electron chi connectivity index (χ4n) is 12.5. The molecular formula is C56H81NO14Si2. The third-order valence-electron chi connectivity index (χ3n) is 17.6. The predicted molar refractivity (Wildman–Crippen MR) is 279 cm³/mol. The van der Waals surface area contributed by atoms with Crippen LogP contribution in [0.25, 0.3) is 0 Å². The van der Waals surface area contributed by atoms with Gasteiger partial charge in [0, 0.05) is 38.0 Å². The first kappa shape index (κ1) is 57.7. The van der Waals surface area contributed by atoms with Crippen LogP contribution in [0.2, 0.25) is 36.3 Å². The molecule has 3 aliphatic carbocycles. The topological polar surface area (TPSA) is 199 Å². The number of carbonyl (C=O) groups is 6. The van der Waals surface area contributed by atoms with E-state index in [-0.39, 0.29) is 30.1 Å². The highest BCUT2D eigenvalue weighted by molar-refractivity contribution is 6.74. The largest absolute Gasteiger partial charge is 0.456 e. The van der Waals surface area contributed by atoms with Crippen LogP contribution in [0.3, 0.4) is 0 Å². The van der Waals surface area contributed by atoms with Gasteiger partial charge in [0.2, 0.25) is 5.91 Å². The molecule has 4 aliphatic rings. The number of rotatable bonds is 20. The van der Waals surface area contributed by atoms with Crippen LogP contribution in [0.5, 0.6) is 0 Å². The second kappa shape index (κ2) is 22.4. The average molecular weight is 1050 g/mol. The first-order valence-electron chi connectivity index (χ1n) is 26.5. The first-order chi connectivity index (χ1) is 34.3. The minimum atomic E-state index is -2.70. The number of ether oxygens (including phenoxy) is 5. The summed E-state index contributed by atoms with van der Waals surface area (Å²) in [6, 6.07) is 20.4. The lowest BCUT2D eigenvalue weighted by Gasteiger charge is -2.68. The number of benzene rings is 2. The Balaban J connectivity index is 1.66. The van der Waals surface area contributed by atoms with Crippen molar-refractivity contribution in [3.05, 3.63) is 82.9 Å². The smallest absolute Gasteiger partial charge is 0.338 e. The van der Waals surface area contributed by atoms with Crippen molar-refractivity contribution >= 4 is 52.2 Å². The van der Waals surface area contributed by atoms with E-state index in [1.165, 1.54) is 13.8 Å². The predicted octanol–water partition coefficient (Wildman–Crippen LogP) is 9.14. The second-order valence-electron chi connectivity index (χ2n) is 21.8. The molecule has 2 N–H and O–H groups in total. The summed E-state index contributed by atoms with van der Waals surface area (Å²) in [5.74, 6) is -5.96. The summed E-state index contributed by atoms with van der Waals surface area (Å²) < 4.78 is 47.0. The number of hydrogen-bond donors (Lipinski definition) is 2. The molecule has 15 nitrogen and oxygen atoms in total.